The zero-order valence-corrected chi connectivity index (χ0v) is 10.7. The van der Waals surface area contributed by atoms with Gasteiger partial charge in [0, 0.05) is 18.7 Å². The number of nitrogens with zero attached hydrogens (tertiary/aromatic N) is 2. The van der Waals surface area contributed by atoms with Crippen molar-refractivity contribution in [2.45, 2.75) is 12.5 Å². The number of hydrogen-bond donors (Lipinski definition) is 0. The van der Waals surface area contributed by atoms with Crippen LogP contribution in [0.5, 0.6) is 0 Å². The molecule has 1 aliphatic heterocycles. The smallest absolute Gasteiger partial charge is 0.238 e. The highest BCUT2D eigenvalue weighted by molar-refractivity contribution is 7.89. The van der Waals surface area contributed by atoms with E-state index in [9.17, 15) is 17.2 Å². The summed E-state index contributed by atoms with van der Waals surface area (Å²) in [6, 6.07) is 3.04. The molecule has 0 amide bonds. The molecule has 1 unspecified atom stereocenters. The SMILES string of the molecule is CN1C=NC(C)(c2ccc(F)cc2F)CS1(=O)=O. The van der Waals surface area contributed by atoms with Gasteiger partial charge in [-0.15, -0.1) is 0 Å². The topological polar surface area (TPSA) is 49.7 Å². The van der Waals surface area contributed by atoms with E-state index in [0.29, 0.717) is 0 Å². The molecule has 0 radical (unpaired) electrons. The van der Waals surface area contributed by atoms with Crippen molar-refractivity contribution < 1.29 is 17.2 Å². The Morgan fingerprint density at radius 2 is 2.06 bits per heavy atom. The van der Waals surface area contributed by atoms with E-state index in [0.717, 1.165) is 22.8 Å². The van der Waals surface area contributed by atoms with Crippen LogP contribution in [0.15, 0.2) is 23.2 Å². The molecule has 0 aliphatic carbocycles. The van der Waals surface area contributed by atoms with Gasteiger partial charge in [0.2, 0.25) is 10.0 Å². The van der Waals surface area contributed by atoms with Crippen molar-refractivity contribution >= 4 is 16.4 Å². The molecule has 0 fully saturated rings. The monoisotopic (exact) mass is 274 g/mol. The Kier molecular flexibility index (Phi) is 2.89. The Balaban J connectivity index is 2.53. The molecule has 0 bridgehead atoms. The maximum absolute atomic E-state index is 13.7. The molecule has 4 nitrogen and oxygen atoms in total. The first-order valence-corrected chi connectivity index (χ1v) is 6.82. The third kappa shape index (κ3) is 2.10. The van der Waals surface area contributed by atoms with Crippen LogP contribution in [-0.2, 0) is 15.6 Å². The second kappa shape index (κ2) is 4.01. The third-order valence-corrected chi connectivity index (χ3v) is 4.82. The van der Waals surface area contributed by atoms with Crippen molar-refractivity contribution in [3.8, 4) is 0 Å². The summed E-state index contributed by atoms with van der Waals surface area (Å²) < 4.78 is 51.1. The third-order valence-electron chi connectivity index (χ3n) is 2.92. The summed E-state index contributed by atoms with van der Waals surface area (Å²) in [7, 11) is -2.16. The molecule has 0 saturated carbocycles. The molecule has 0 N–H and O–H groups in total. The zero-order valence-electron chi connectivity index (χ0n) is 9.89. The highest BCUT2D eigenvalue weighted by Gasteiger charge is 2.38. The van der Waals surface area contributed by atoms with Gasteiger partial charge in [-0.1, -0.05) is 6.07 Å². The summed E-state index contributed by atoms with van der Waals surface area (Å²) in [5, 5.41) is 0. The van der Waals surface area contributed by atoms with Gasteiger partial charge in [-0.25, -0.2) is 17.2 Å². The van der Waals surface area contributed by atoms with Crippen molar-refractivity contribution in [1.82, 2.24) is 4.31 Å². The van der Waals surface area contributed by atoms with E-state index in [4.69, 9.17) is 0 Å². The molecule has 0 spiro atoms. The number of sulfonamides is 1. The van der Waals surface area contributed by atoms with E-state index < -0.39 is 27.2 Å². The molecule has 1 aromatic carbocycles. The van der Waals surface area contributed by atoms with E-state index in [1.54, 1.807) is 0 Å². The Morgan fingerprint density at radius 1 is 1.39 bits per heavy atom. The molecule has 2 rings (SSSR count). The van der Waals surface area contributed by atoms with Crippen LogP contribution < -0.4 is 0 Å². The summed E-state index contributed by atoms with van der Waals surface area (Å²) in [6.07, 6.45) is 1.14. The fourth-order valence-corrected chi connectivity index (χ4v) is 3.18. The minimum Gasteiger partial charge on any atom is -0.263 e. The lowest BCUT2D eigenvalue weighted by Crippen LogP contribution is -2.42. The Bertz CT molecular complexity index is 615. The summed E-state index contributed by atoms with van der Waals surface area (Å²) in [5.41, 5.74) is -1.17. The average Bonchev–Trinajstić information content (AvgIpc) is 2.23. The van der Waals surface area contributed by atoms with Crippen molar-refractivity contribution in [2.24, 2.45) is 4.99 Å². The van der Waals surface area contributed by atoms with E-state index in [2.05, 4.69) is 4.99 Å². The number of hydrogen-bond acceptors (Lipinski definition) is 3. The lowest BCUT2D eigenvalue weighted by molar-refractivity contribution is 0.461. The molecule has 98 valence electrons. The van der Waals surface area contributed by atoms with Gasteiger partial charge in [-0.05, 0) is 13.0 Å². The standard InChI is InChI=1S/C11H12F2N2O2S/c1-11(6-18(16,17)15(2)7-14-11)9-4-3-8(12)5-10(9)13/h3-5,7H,6H2,1-2H3. The van der Waals surface area contributed by atoms with Crippen molar-refractivity contribution in [3.05, 3.63) is 35.4 Å². The summed E-state index contributed by atoms with van der Waals surface area (Å²) in [6.45, 7) is 1.50. The minimum absolute atomic E-state index is 0.0665. The van der Waals surface area contributed by atoms with Crippen LogP contribution in [0, 0.1) is 11.6 Å². The number of aliphatic imine (C=N–C) groups is 1. The normalized spacial score (nSPS) is 26.3. The maximum atomic E-state index is 13.7. The van der Waals surface area contributed by atoms with Gasteiger partial charge in [0.25, 0.3) is 0 Å². The predicted octanol–water partition coefficient (Wildman–Crippen LogP) is 1.48. The van der Waals surface area contributed by atoms with Gasteiger partial charge >= 0.3 is 0 Å². The highest BCUT2D eigenvalue weighted by Crippen LogP contribution is 2.32. The van der Waals surface area contributed by atoms with Crippen LogP contribution >= 0.6 is 0 Å². The lowest BCUT2D eigenvalue weighted by atomic mass is 9.94. The fraction of sp³-hybridized carbons (Fsp3) is 0.364. The second-order valence-corrected chi connectivity index (χ2v) is 6.44. The first kappa shape index (κ1) is 12.9. The molecular weight excluding hydrogens is 262 g/mol. The van der Waals surface area contributed by atoms with Crippen LogP contribution in [0.4, 0.5) is 8.78 Å². The van der Waals surface area contributed by atoms with Gasteiger partial charge in [0.05, 0.1) is 12.1 Å². The number of halogens is 2. The van der Waals surface area contributed by atoms with Crippen molar-refractivity contribution in [2.75, 3.05) is 12.8 Å². The van der Waals surface area contributed by atoms with Crippen molar-refractivity contribution in [1.29, 1.82) is 0 Å². The Labute approximate surface area is 104 Å². The summed E-state index contributed by atoms with van der Waals surface area (Å²) >= 11 is 0. The van der Waals surface area contributed by atoms with Crippen LogP contribution in [0.25, 0.3) is 0 Å². The van der Waals surface area contributed by atoms with Gasteiger partial charge in [0.15, 0.2) is 0 Å². The molecule has 18 heavy (non-hydrogen) atoms. The zero-order chi connectivity index (χ0) is 13.6. The molecule has 0 saturated heterocycles. The van der Waals surface area contributed by atoms with Crippen LogP contribution in [0.1, 0.15) is 12.5 Å². The molecule has 1 heterocycles. The van der Waals surface area contributed by atoms with E-state index >= 15 is 0 Å². The molecular formula is C11H12F2N2O2S. The molecule has 1 aliphatic rings. The minimum atomic E-state index is -3.52. The largest absolute Gasteiger partial charge is 0.263 e. The molecule has 7 heteroatoms. The van der Waals surface area contributed by atoms with Crippen molar-refractivity contribution in [3.63, 3.8) is 0 Å². The first-order chi connectivity index (χ1) is 8.24. The molecule has 1 atom stereocenters. The van der Waals surface area contributed by atoms with Gasteiger partial charge in [-0.2, -0.15) is 0 Å². The molecule has 1 aromatic rings. The Hall–Kier alpha value is -1.50. The fourth-order valence-electron chi connectivity index (χ4n) is 1.85. The maximum Gasteiger partial charge on any atom is 0.238 e. The van der Waals surface area contributed by atoms with E-state index in [-0.39, 0.29) is 11.3 Å². The lowest BCUT2D eigenvalue weighted by Gasteiger charge is -2.32. The highest BCUT2D eigenvalue weighted by atomic mass is 32.2. The Morgan fingerprint density at radius 3 is 2.61 bits per heavy atom. The van der Waals surface area contributed by atoms with Gasteiger partial charge in [0.1, 0.15) is 17.2 Å². The van der Waals surface area contributed by atoms with Crippen LogP contribution in [-0.4, -0.2) is 31.9 Å². The second-order valence-electron chi connectivity index (χ2n) is 4.42. The van der Waals surface area contributed by atoms with Gasteiger partial charge < -0.3 is 0 Å². The predicted molar refractivity (Wildman–Crippen MR) is 63.8 cm³/mol. The summed E-state index contributed by atoms with van der Waals surface area (Å²) in [4.78, 5) is 4.06. The first-order valence-electron chi connectivity index (χ1n) is 5.21. The molecule has 0 aromatic heterocycles. The van der Waals surface area contributed by atoms with Crippen LogP contribution in [0.3, 0.4) is 0 Å². The van der Waals surface area contributed by atoms with Gasteiger partial charge in [-0.3, -0.25) is 9.30 Å². The van der Waals surface area contributed by atoms with Crippen LogP contribution in [0.2, 0.25) is 0 Å². The quantitative estimate of drug-likeness (QED) is 0.779. The number of rotatable bonds is 1. The average molecular weight is 274 g/mol. The summed E-state index contributed by atoms with van der Waals surface area (Å²) in [5.74, 6) is -1.86. The van der Waals surface area contributed by atoms with E-state index in [1.807, 2.05) is 0 Å². The van der Waals surface area contributed by atoms with E-state index in [1.165, 1.54) is 20.0 Å². The number of benzene rings is 1.